The highest BCUT2D eigenvalue weighted by Gasteiger charge is 2.15. The summed E-state index contributed by atoms with van der Waals surface area (Å²) in [4.78, 5) is 12.8. The Morgan fingerprint density at radius 1 is 0.833 bits per heavy atom. The third kappa shape index (κ3) is 5.69. The highest BCUT2D eigenvalue weighted by Crippen LogP contribution is 2.38. The fourth-order valence-electron chi connectivity index (χ4n) is 2.83. The van der Waals surface area contributed by atoms with E-state index in [0.717, 1.165) is 5.56 Å². The van der Waals surface area contributed by atoms with Gasteiger partial charge in [-0.1, -0.05) is 0 Å². The summed E-state index contributed by atoms with van der Waals surface area (Å²) >= 11 is 3.41. The fourth-order valence-corrected chi connectivity index (χ4v) is 3.43. The number of halogens is 1. The molecule has 0 amide bonds. The lowest BCUT2D eigenvalue weighted by Gasteiger charge is -2.15. The lowest BCUT2D eigenvalue weighted by molar-refractivity contribution is 0.104. The molecule has 0 radical (unpaired) electrons. The molecule has 2 aromatic carbocycles. The molecule has 0 aliphatic rings. The number of ether oxygens (including phenoxy) is 5. The number of allylic oxidation sites excluding steroid dienone is 1. The van der Waals surface area contributed by atoms with Crippen molar-refractivity contribution in [1.82, 2.24) is 0 Å². The van der Waals surface area contributed by atoms with Crippen LogP contribution < -0.4 is 23.7 Å². The first-order valence-electron chi connectivity index (χ1n) is 9.69. The Hall–Kier alpha value is -2.67. The van der Waals surface area contributed by atoms with Crippen LogP contribution in [0.3, 0.4) is 0 Å². The van der Waals surface area contributed by atoms with Gasteiger partial charge >= 0.3 is 0 Å². The van der Waals surface area contributed by atoms with Crippen molar-refractivity contribution in [1.29, 1.82) is 0 Å². The van der Waals surface area contributed by atoms with Crippen LogP contribution >= 0.6 is 15.9 Å². The lowest BCUT2D eigenvalue weighted by Crippen LogP contribution is -2.02. The maximum atomic E-state index is 12.8. The fraction of sp³-hybridized carbons (Fsp3) is 0.348. The molecule has 6 nitrogen and oxygen atoms in total. The van der Waals surface area contributed by atoms with Crippen molar-refractivity contribution in [3.8, 4) is 28.7 Å². The largest absolute Gasteiger partial charge is 0.493 e. The smallest absolute Gasteiger partial charge is 0.186 e. The van der Waals surface area contributed by atoms with E-state index < -0.39 is 0 Å². The third-order valence-corrected chi connectivity index (χ3v) is 4.70. The van der Waals surface area contributed by atoms with Gasteiger partial charge in [0.25, 0.3) is 0 Å². The molecule has 0 unspecified atom stereocenters. The van der Waals surface area contributed by atoms with E-state index in [4.69, 9.17) is 23.7 Å². The van der Waals surface area contributed by atoms with Gasteiger partial charge in [0.2, 0.25) is 0 Å². The summed E-state index contributed by atoms with van der Waals surface area (Å²) in [5.41, 5.74) is 1.18. The third-order valence-electron chi connectivity index (χ3n) is 4.11. The Kier molecular flexibility index (Phi) is 9.05. The number of hydrogen-bond donors (Lipinski definition) is 0. The zero-order valence-corrected chi connectivity index (χ0v) is 19.5. The summed E-state index contributed by atoms with van der Waals surface area (Å²) in [5, 5.41) is 0. The lowest BCUT2D eigenvalue weighted by atomic mass is 10.1. The molecule has 2 aromatic rings. The van der Waals surface area contributed by atoms with E-state index in [2.05, 4.69) is 15.9 Å². The molecule has 0 spiro atoms. The van der Waals surface area contributed by atoms with E-state index in [0.29, 0.717) is 58.6 Å². The quantitative estimate of drug-likeness (QED) is 0.311. The van der Waals surface area contributed by atoms with E-state index in [1.807, 2.05) is 26.8 Å². The minimum atomic E-state index is -0.189. The molecule has 162 valence electrons. The van der Waals surface area contributed by atoms with Gasteiger partial charge in [0.1, 0.15) is 5.75 Å². The summed E-state index contributed by atoms with van der Waals surface area (Å²) in [5.74, 6) is 2.63. The molecular weight excluding hydrogens is 452 g/mol. The average molecular weight is 479 g/mol. The second-order valence-electron chi connectivity index (χ2n) is 6.03. The molecule has 0 N–H and O–H groups in total. The average Bonchev–Trinajstić information content (AvgIpc) is 2.74. The van der Waals surface area contributed by atoms with Crippen LogP contribution in [0.15, 0.2) is 34.8 Å². The zero-order chi connectivity index (χ0) is 22.1. The van der Waals surface area contributed by atoms with Gasteiger partial charge < -0.3 is 23.7 Å². The molecule has 7 heteroatoms. The Bertz CT molecular complexity index is 907. The molecule has 0 saturated heterocycles. The number of ketones is 1. The Morgan fingerprint density at radius 3 is 2.00 bits per heavy atom. The summed E-state index contributed by atoms with van der Waals surface area (Å²) in [6.07, 6.45) is 3.19. The minimum Gasteiger partial charge on any atom is -0.493 e. The standard InChI is InChI=1S/C23H27BrO6/c1-6-28-19-14-21(30-8-3)20(29-7-2)12-15(19)9-10-18(25)16-11-17(24)23(27-5)22(13-16)26-4/h9-14H,6-8H2,1-5H3. The Morgan fingerprint density at radius 2 is 1.43 bits per heavy atom. The number of carbonyl (C=O) groups is 1. The first kappa shape index (κ1) is 23.6. The number of rotatable bonds is 11. The molecule has 0 aliphatic heterocycles. The van der Waals surface area contributed by atoms with Gasteiger partial charge in [0.15, 0.2) is 28.8 Å². The van der Waals surface area contributed by atoms with Crippen LogP contribution in [0.2, 0.25) is 0 Å². The second-order valence-corrected chi connectivity index (χ2v) is 6.88. The molecule has 0 saturated carbocycles. The van der Waals surface area contributed by atoms with E-state index in [1.54, 1.807) is 31.4 Å². The van der Waals surface area contributed by atoms with E-state index in [-0.39, 0.29) is 5.78 Å². The van der Waals surface area contributed by atoms with Crippen molar-refractivity contribution in [2.45, 2.75) is 20.8 Å². The van der Waals surface area contributed by atoms with Gasteiger partial charge in [-0.05, 0) is 67.1 Å². The summed E-state index contributed by atoms with van der Waals surface area (Å²) in [6.45, 7) is 7.20. The van der Waals surface area contributed by atoms with Gasteiger partial charge in [0, 0.05) is 17.2 Å². The molecule has 2 rings (SSSR count). The van der Waals surface area contributed by atoms with Gasteiger partial charge in [-0.3, -0.25) is 4.79 Å². The zero-order valence-electron chi connectivity index (χ0n) is 17.9. The SMILES string of the molecule is CCOc1cc(OCC)c(OCC)cc1C=CC(=O)c1cc(Br)c(OC)c(OC)c1. The number of carbonyl (C=O) groups excluding carboxylic acids is 1. The molecule has 0 aliphatic carbocycles. The van der Waals surface area contributed by atoms with Crippen molar-refractivity contribution < 1.29 is 28.5 Å². The second kappa shape index (κ2) is 11.5. The first-order valence-corrected chi connectivity index (χ1v) is 10.5. The minimum absolute atomic E-state index is 0.189. The summed E-state index contributed by atoms with van der Waals surface area (Å²) in [6, 6.07) is 6.94. The first-order chi connectivity index (χ1) is 14.5. The Labute approximate surface area is 185 Å². The van der Waals surface area contributed by atoms with Crippen LogP contribution in [0.25, 0.3) is 6.08 Å². The monoisotopic (exact) mass is 478 g/mol. The van der Waals surface area contributed by atoms with Gasteiger partial charge in [0.05, 0.1) is 38.5 Å². The highest BCUT2D eigenvalue weighted by molar-refractivity contribution is 9.10. The van der Waals surface area contributed by atoms with Crippen LogP contribution in [0.5, 0.6) is 28.7 Å². The van der Waals surface area contributed by atoms with Crippen LogP contribution in [0.1, 0.15) is 36.7 Å². The van der Waals surface area contributed by atoms with Crippen molar-refractivity contribution in [3.05, 3.63) is 45.9 Å². The molecule has 0 fully saturated rings. The van der Waals surface area contributed by atoms with Crippen molar-refractivity contribution >= 4 is 27.8 Å². The normalized spacial score (nSPS) is 10.7. The summed E-state index contributed by atoms with van der Waals surface area (Å²) in [7, 11) is 3.07. The van der Waals surface area contributed by atoms with Crippen molar-refractivity contribution in [2.75, 3.05) is 34.0 Å². The van der Waals surface area contributed by atoms with Gasteiger partial charge in [-0.15, -0.1) is 0 Å². The van der Waals surface area contributed by atoms with Crippen LogP contribution in [0, 0.1) is 0 Å². The number of benzene rings is 2. The molecule has 30 heavy (non-hydrogen) atoms. The summed E-state index contributed by atoms with van der Waals surface area (Å²) < 4.78 is 28.3. The van der Waals surface area contributed by atoms with Crippen molar-refractivity contribution in [3.63, 3.8) is 0 Å². The molecule has 0 aromatic heterocycles. The van der Waals surface area contributed by atoms with Gasteiger partial charge in [-0.2, -0.15) is 0 Å². The molecular formula is C23H27BrO6. The number of methoxy groups -OCH3 is 2. The predicted molar refractivity (Wildman–Crippen MR) is 121 cm³/mol. The van der Waals surface area contributed by atoms with Crippen molar-refractivity contribution in [2.24, 2.45) is 0 Å². The topological polar surface area (TPSA) is 63.2 Å². The van der Waals surface area contributed by atoms with Crippen LogP contribution in [-0.2, 0) is 0 Å². The molecule has 0 bridgehead atoms. The maximum absolute atomic E-state index is 12.8. The van der Waals surface area contributed by atoms with Crippen LogP contribution in [-0.4, -0.2) is 39.8 Å². The van der Waals surface area contributed by atoms with E-state index in [1.165, 1.54) is 13.2 Å². The molecule has 0 heterocycles. The van der Waals surface area contributed by atoms with Gasteiger partial charge in [-0.25, -0.2) is 0 Å². The van der Waals surface area contributed by atoms with Crippen LogP contribution in [0.4, 0.5) is 0 Å². The number of hydrogen-bond acceptors (Lipinski definition) is 6. The van der Waals surface area contributed by atoms with E-state index in [9.17, 15) is 4.79 Å². The molecule has 0 atom stereocenters. The predicted octanol–water partition coefficient (Wildman–Crippen LogP) is 5.56. The highest BCUT2D eigenvalue weighted by atomic mass is 79.9. The maximum Gasteiger partial charge on any atom is 0.186 e. The van der Waals surface area contributed by atoms with E-state index >= 15 is 0 Å². The Balaban J connectivity index is 2.41.